The van der Waals surface area contributed by atoms with Crippen molar-refractivity contribution in [2.24, 2.45) is 0 Å². The number of fused-ring (bicyclic) bond motifs is 1. The molecule has 2 aromatic rings. The van der Waals surface area contributed by atoms with Gasteiger partial charge < -0.3 is 25.6 Å². The molecular weight excluding hydrogens is 423 g/mol. The summed E-state index contributed by atoms with van der Waals surface area (Å²) < 4.78 is 41.8. The fourth-order valence-electron chi connectivity index (χ4n) is 3.49. The molecule has 1 amide bonds. The summed E-state index contributed by atoms with van der Waals surface area (Å²) in [7, 11) is 0. The monoisotopic (exact) mass is 447 g/mol. The number of halogens is 3. The predicted molar refractivity (Wildman–Crippen MR) is 105 cm³/mol. The maximum absolute atomic E-state index is 12.4. The number of hydrogen-bond donors (Lipinski definition) is 4. The fraction of sp³-hybridized carbons (Fsp3) is 0.579. The van der Waals surface area contributed by atoms with E-state index in [9.17, 15) is 28.2 Å². The maximum atomic E-state index is 12.4. The molecule has 1 aromatic carbocycles. The van der Waals surface area contributed by atoms with Crippen LogP contribution in [0.15, 0.2) is 18.2 Å². The highest BCUT2D eigenvalue weighted by atomic mass is 32.1. The van der Waals surface area contributed by atoms with E-state index >= 15 is 0 Å². The van der Waals surface area contributed by atoms with Crippen molar-refractivity contribution in [2.75, 3.05) is 13.2 Å². The summed E-state index contributed by atoms with van der Waals surface area (Å²) in [6.07, 6.45) is -4.11. The van der Waals surface area contributed by atoms with Crippen LogP contribution in [0.5, 0.6) is 5.75 Å². The first kappa shape index (κ1) is 22.7. The Morgan fingerprint density at radius 1 is 1.47 bits per heavy atom. The minimum absolute atomic E-state index is 0.127. The van der Waals surface area contributed by atoms with E-state index in [-0.39, 0.29) is 36.3 Å². The van der Waals surface area contributed by atoms with Crippen molar-refractivity contribution >= 4 is 27.5 Å². The molecule has 1 fully saturated rings. The minimum atomic E-state index is -4.77. The van der Waals surface area contributed by atoms with Crippen molar-refractivity contribution in [3.63, 3.8) is 0 Å². The third-order valence-corrected chi connectivity index (χ3v) is 6.30. The average molecular weight is 447 g/mol. The molecule has 7 nitrogen and oxygen atoms in total. The number of carbonyl (C=O) groups is 1. The summed E-state index contributed by atoms with van der Waals surface area (Å²) in [5.74, 6) is -0.781. The number of nitrogens with zero attached hydrogens (tertiary/aromatic N) is 1. The van der Waals surface area contributed by atoms with Gasteiger partial charge >= 0.3 is 6.36 Å². The number of aliphatic hydroxyl groups is 2. The molecule has 2 heterocycles. The Hall–Kier alpha value is -1.95. The number of aliphatic hydroxyl groups excluding tert-OH is 2. The van der Waals surface area contributed by atoms with E-state index in [1.54, 1.807) is 6.92 Å². The van der Waals surface area contributed by atoms with E-state index in [1.807, 2.05) is 0 Å². The zero-order valence-corrected chi connectivity index (χ0v) is 17.1. The molecule has 0 radical (unpaired) electrons. The second-order valence-corrected chi connectivity index (χ2v) is 8.28. The number of alkyl halides is 3. The van der Waals surface area contributed by atoms with Crippen LogP contribution in [0.4, 0.5) is 13.2 Å². The number of benzene rings is 1. The smallest absolute Gasteiger partial charge is 0.406 e. The number of nitrogens with one attached hydrogen (secondary N) is 2. The van der Waals surface area contributed by atoms with E-state index in [4.69, 9.17) is 0 Å². The quantitative estimate of drug-likeness (QED) is 0.495. The second-order valence-electron chi connectivity index (χ2n) is 7.22. The molecule has 3 rings (SSSR count). The highest BCUT2D eigenvalue weighted by molar-refractivity contribution is 7.18. The van der Waals surface area contributed by atoms with E-state index in [1.165, 1.54) is 29.5 Å². The SMILES string of the molecule is CCC(=O)N[C@H]1CN[C@@H](CCC(CO)c2nc3cc(OC(F)(F)F)ccc3s2)[C@@H]1O. The number of aromatic nitrogens is 1. The van der Waals surface area contributed by atoms with Gasteiger partial charge in [-0.2, -0.15) is 0 Å². The van der Waals surface area contributed by atoms with Gasteiger partial charge in [0.2, 0.25) is 5.91 Å². The van der Waals surface area contributed by atoms with Crippen LogP contribution in [0.1, 0.15) is 37.1 Å². The van der Waals surface area contributed by atoms with E-state index < -0.39 is 12.5 Å². The van der Waals surface area contributed by atoms with Crippen LogP contribution < -0.4 is 15.4 Å². The molecule has 166 valence electrons. The van der Waals surface area contributed by atoms with Gasteiger partial charge in [-0.15, -0.1) is 24.5 Å². The molecule has 1 unspecified atom stereocenters. The zero-order valence-electron chi connectivity index (χ0n) is 16.3. The average Bonchev–Trinajstić information content (AvgIpc) is 3.25. The lowest BCUT2D eigenvalue weighted by Gasteiger charge is -2.21. The first-order valence-corrected chi connectivity index (χ1v) is 10.5. The number of amides is 1. The van der Waals surface area contributed by atoms with Gasteiger partial charge in [0, 0.05) is 31.0 Å². The summed E-state index contributed by atoms with van der Waals surface area (Å²) >= 11 is 1.30. The summed E-state index contributed by atoms with van der Waals surface area (Å²) in [6.45, 7) is 2.03. The van der Waals surface area contributed by atoms with Crippen molar-refractivity contribution < 1.29 is 32.9 Å². The molecule has 0 bridgehead atoms. The Bertz CT molecular complexity index is 876. The molecule has 4 N–H and O–H groups in total. The van der Waals surface area contributed by atoms with Crippen molar-refractivity contribution in [1.82, 2.24) is 15.6 Å². The van der Waals surface area contributed by atoms with Gasteiger partial charge in [0.15, 0.2) is 0 Å². The van der Waals surface area contributed by atoms with Crippen LogP contribution in [0.25, 0.3) is 10.2 Å². The highest BCUT2D eigenvalue weighted by Gasteiger charge is 2.35. The number of hydrogen-bond acceptors (Lipinski definition) is 7. The van der Waals surface area contributed by atoms with E-state index in [0.717, 1.165) is 0 Å². The van der Waals surface area contributed by atoms with Gasteiger partial charge in [0.05, 0.1) is 34.0 Å². The van der Waals surface area contributed by atoms with Crippen molar-refractivity contribution in [3.8, 4) is 5.75 Å². The lowest BCUT2D eigenvalue weighted by atomic mass is 9.97. The molecule has 1 aromatic heterocycles. The fourth-order valence-corrected chi connectivity index (χ4v) is 4.56. The summed E-state index contributed by atoms with van der Waals surface area (Å²) in [5, 5.41) is 26.8. The van der Waals surface area contributed by atoms with Crippen molar-refractivity contribution in [2.45, 2.75) is 56.7 Å². The van der Waals surface area contributed by atoms with Crippen LogP contribution in [-0.4, -0.2) is 58.8 Å². The minimum Gasteiger partial charge on any atom is -0.406 e. The first-order chi connectivity index (χ1) is 14.2. The molecular formula is C19H24F3N3O4S. The Kier molecular flexibility index (Phi) is 7.17. The second kappa shape index (κ2) is 9.46. The molecule has 0 saturated carbocycles. The topological polar surface area (TPSA) is 104 Å². The van der Waals surface area contributed by atoms with Crippen LogP contribution >= 0.6 is 11.3 Å². The van der Waals surface area contributed by atoms with Crippen LogP contribution in [-0.2, 0) is 4.79 Å². The lowest BCUT2D eigenvalue weighted by molar-refractivity contribution is -0.274. The standard InChI is InChI=1S/C19H24F3N3O4S/c1-2-16(27)24-14-8-23-12(17(14)28)5-3-10(9-26)18-25-13-7-11(29-19(20,21)22)4-6-15(13)30-18/h4,6-7,10,12,14,17,23,26,28H,2-3,5,8-9H2,1H3,(H,24,27)/t10?,12-,14-,17-/m0/s1. The number of ether oxygens (including phenoxy) is 1. The van der Waals surface area contributed by atoms with Gasteiger partial charge in [-0.1, -0.05) is 6.92 Å². The van der Waals surface area contributed by atoms with Crippen LogP contribution in [0, 0.1) is 0 Å². The van der Waals surface area contributed by atoms with E-state index in [2.05, 4.69) is 20.4 Å². The molecule has 30 heavy (non-hydrogen) atoms. The number of carbonyl (C=O) groups excluding carboxylic acids is 1. The predicted octanol–water partition coefficient (Wildman–Crippen LogP) is 2.28. The first-order valence-electron chi connectivity index (χ1n) is 9.68. The normalized spacial score (nSPS) is 22.9. The summed E-state index contributed by atoms with van der Waals surface area (Å²) in [4.78, 5) is 15.9. The third-order valence-electron chi connectivity index (χ3n) is 5.10. The van der Waals surface area contributed by atoms with E-state index in [0.29, 0.717) is 41.0 Å². The lowest BCUT2D eigenvalue weighted by Crippen LogP contribution is -2.44. The Balaban J connectivity index is 1.63. The Labute approximate surface area is 175 Å². The van der Waals surface area contributed by atoms with Gasteiger partial charge in [-0.05, 0) is 25.0 Å². The van der Waals surface area contributed by atoms with Crippen molar-refractivity contribution in [3.05, 3.63) is 23.2 Å². The van der Waals surface area contributed by atoms with Gasteiger partial charge in [0.1, 0.15) is 5.75 Å². The van der Waals surface area contributed by atoms with Crippen LogP contribution in [0.2, 0.25) is 0 Å². The molecule has 4 atom stereocenters. The molecule has 1 aliphatic heterocycles. The Morgan fingerprint density at radius 2 is 2.23 bits per heavy atom. The molecule has 1 saturated heterocycles. The molecule has 0 spiro atoms. The van der Waals surface area contributed by atoms with Gasteiger partial charge in [0.25, 0.3) is 0 Å². The zero-order chi connectivity index (χ0) is 21.9. The maximum Gasteiger partial charge on any atom is 0.573 e. The molecule has 0 aliphatic carbocycles. The molecule has 11 heteroatoms. The third kappa shape index (κ3) is 5.60. The number of rotatable bonds is 8. The van der Waals surface area contributed by atoms with Gasteiger partial charge in [-0.3, -0.25) is 4.79 Å². The largest absolute Gasteiger partial charge is 0.573 e. The number of thiazole rings is 1. The summed E-state index contributed by atoms with van der Waals surface area (Å²) in [6, 6.07) is 3.37. The highest BCUT2D eigenvalue weighted by Crippen LogP contribution is 2.34. The van der Waals surface area contributed by atoms with Gasteiger partial charge in [-0.25, -0.2) is 4.98 Å². The van der Waals surface area contributed by atoms with Crippen LogP contribution in [0.3, 0.4) is 0 Å². The Morgan fingerprint density at radius 3 is 2.90 bits per heavy atom. The van der Waals surface area contributed by atoms with Crippen molar-refractivity contribution in [1.29, 1.82) is 0 Å². The molecule has 1 aliphatic rings. The summed E-state index contributed by atoms with van der Waals surface area (Å²) in [5.41, 5.74) is 0.372.